The third kappa shape index (κ3) is 4.75. The van der Waals surface area contributed by atoms with Gasteiger partial charge in [-0.25, -0.2) is 0 Å². The van der Waals surface area contributed by atoms with Crippen molar-refractivity contribution in [2.45, 2.75) is 46.5 Å². The highest BCUT2D eigenvalue weighted by Crippen LogP contribution is 2.36. The number of carbonyl (C=O) groups excluding carboxylic acids is 2. The molecule has 1 heterocycles. The molecule has 1 aliphatic rings. The summed E-state index contributed by atoms with van der Waals surface area (Å²) in [5.74, 6) is 0.535. The lowest BCUT2D eigenvalue weighted by atomic mass is 9.97. The molecule has 0 radical (unpaired) electrons. The average molecular weight is 411 g/mol. The van der Waals surface area contributed by atoms with E-state index in [1.807, 2.05) is 32.9 Å². The lowest BCUT2D eigenvalue weighted by molar-refractivity contribution is -0.118. The van der Waals surface area contributed by atoms with Crippen molar-refractivity contribution in [3.05, 3.63) is 52.6 Å². The predicted molar refractivity (Wildman–Crippen MR) is 117 cm³/mol. The summed E-state index contributed by atoms with van der Waals surface area (Å²) in [5, 5.41) is 13.5. The average Bonchev–Trinajstić information content (AvgIpc) is 2.74. The summed E-state index contributed by atoms with van der Waals surface area (Å²) >= 11 is 0. The number of aromatic hydroxyl groups is 1. The van der Waals surface area contributed by atoms with Gasteiger partial charge >= 0.3 is 0 Å². The fourth-order valence-electron chi connectivity index (χ4n) is 3.81. The molecule has 2 aromatic rings. The Morgan fingerprint density at radius 2 is 2.00 bits per heavy atom. The number of anilines is 1. The predicted octanol–water partition coefficient (Wildman–Crippen LogP) is 3.90. The van der Waals surface area contributed by atoms with Gasteiger partial charge in [0, 0.05) is 25.1 Å². The molecule has 0 aliphatic carbocycles. The van der Waals surface area contributed by atoms with Crippen LogP contribution in [-0.2, 0) is 11.2 Å². The standard InChI is InChI=1S/C24H30N2O4/c1-4-22(27)26-13-5-7-18-20(26)10-9-19(23(18)28)24(29)25-12-6-14-30-21-11-8-16(2)15-17(21)3/h8-11,15,28H,4-7,12-14H2,1-3H3,(H,25,29). The summed E-state index contributed by atoms with van der Waals surface area (Å²) in [6.45, 7) is 7.46. The van der Waals surface area contributed by atoms with Gasteiger partial charge in [-0.3, -0.25) is 9.59 Å². The highest BCUT2D eigenvalue weighted by molar-refractivity contribution is 6.00. The first-order valence-corrected chi connectivity index (χ1v) is 10.6. The molecule has 6 heteroatoms. The zero-order valence-electron chi connectivity index (χ0n) is 18.0. The van der Waals surface area contributed by atoms with Crippen LogP contribution in [0.4, 0.5) is 5.69 Å². The molecule has 2 aromatic carbocycles. The molecule has 6 nitrogen and oxygen atoms in total. The maximum absolute atomic E-state index is 12.6. The van der Waals surface area contributed by atoms with E-state index in [9.17, 15) is 14.7 Å². The Bertz CT molecular complexity index is 939. The van der Waals surface area contributed by atoms with Gasteiger partial charge in [-0.15, -0.1) is 0 Å². The van der Waals surface area contributed by atoms with Crippen LogP contribution in [0.25, 0.3) is 0 Å². The quantitative estimate of drug-likeness (QED) is 0.679. The van der Waals surface area contributed by atoms with Crippen molar-refractivity contribution in [1.82, 2.24) is 5.32 Å². The fraction of sp³-hybridized carbons (Fsp3) is 0.417. The van der Waals surface area contributed by atoms with Crippen molar-refractivity contribution in [2.24, 2.45) is 0 Å². The number of hydrogen-bond acceptors (Lipinski definition) is 4. The normalized spacial score (nSPS) is 13.0. The summed E-state index contributed by atoms with van der Waals surface area (Å²) in [4.78, 5) is 26.4. The zero-order valence-corrected chi connectivity index (χ0v) is 18.0. The summed E-state index contributed by atoms with van der Waals surface area (Å²) < 4.78 is 5.78. The molecule has 0 saturated heterocycles. The summed E-state index contributed by atoms with van der Waals surface area (Å²) in [7, 11) is 0. The Morgan fingerprint density at radius 3 is 2.73 bits per heavy atom. The van der Waals surface area contributed by atoms with Crippen molar-refractivity contribution in [1.29, 1.82) is 0 Å². The van der Waals surface area contributed by atoms with Crippen LogP contribution < -0.4 is 15.0 Å². The second-order valence-electron chi connectivity index (χ2n) is 7.69. The van der Waals surface area contributed by atoms with Gasteiger partial charge in [-0.05, 0) is 56.9 Å². The molecule has 2 amide bonds. The molecule has 0 spiro atoms. The first-order valence-electron chi connectivity index (χ1n) is 10.6. The summed E-state index contributed by atoms with van der Waals surface area (Å²) in [5.41, 5.74) is 3.92. The number of phenols is 1. The second-order valence-corrected chi connectivity index (χ2v) is 7.69. The molecule has 0 bridgehead atoms. The number of phenolic OH excluding ortho intramolecular Hbond substituents is 1. The molecule has 1 aliphatic heterocycles. The Balaban J connectivity index is 1.56. The number of nitrogens with one attached hydrogen (secondary N) is 1. The van der Waals surface area contributed by atoms with E-state index in [0.29, 0.717) is 50.2 Å². The number of aryl methyl sites for hydroxylation is 2. The van der Waals surface area contributed by atoms with E-state index in [1.165, 1.54) is 5.56 Å². The fourth-order valence-corrected chi connectivity index (χ4v) is 3.81. The van der Waals surface area contributed by atoms with E-state index < -0.39 is 0 Å². The lowest BCUT2D eigenvalue weighted by Crippen LogP contribution is -2.35. The van der Waals surface area contributed by atoms with Gasteiger partial charge in [-0.2, -0.15) is 0 Å². The van der Waals surface area contributed by atoms with Crippen molar-refractivity contribution in [3.63, 3.8) is 0 Å². The SMILES string of the molecule is CCC(=O)N1CCCc2c1ccc(C(=O)NCCCOc1ccc(C)cc1C)c2O. The van der Waals surface area contributed by atoms with Crippen LogP contribution in [0.5, 0.6) is 11.5 Å². The van der Waals surface area contributed by atoms with Gasteiger partial charge in [0.1, 0.15) is 11.5 Å². The third-order valence-corrected chi connectivity index (χ3v) is 5.40. The largest absolute Gasteiger partial charge is 0.507 e. The molecule has 2 N–H and O–H groups in total. The number of amides is 2. The van der Waals surface area contributed by atoms with E-state index in [0.717, 1.165) is 17.7 Å². The van der Waals surface area contributed by atoms with Crippen LogP contribution >= 0.6 is 0 Å². The summed E-state index contributed by atoms with van der Waals surface area (Å²) in [6.07, 6.45) is 2.49. The van der Waals surface area contributed by atoms with Crippen molar-refractivity contribution >= 4 is 17.5 Å². The van der Waals surface area contributed by atoms with E-state index >= 15 is 0 Å². The van der Waals surface area contributed by atoms with Crippen LogP contribution in [0, 0.1) is 13.8 Å². The molecule has 30 heavy (non-hydrogen) atoms. The van der Waals surface area contributed by atoms with Crippen LogP contribution in [0.15, 0.2) is 30.3 Å². The molecule has 0 atom stereocenters. The van der Waals surface area contributed by atoms with E-state index in [-0.39, 0.29) is 23.1 Å². The first kappa shape index (κ1) is 21.7. The van der Waals surface area contributed by atoms with Gasteiger partial charge in [0.2, 0.25) is 5.91 Å². The highest BCUT2D eigenvalue weighted by atomic mass is 16.5. The number of hydrogen-bond donors (Lipinski definition) is 2. The second kappa shape index (κ2) is 9.65. The maximum Gasteiger partial charge on any atom is 0.255 e. The summed E-state index contributed by atoms with van der Waals surface area (Å²) in [6, 6.07) is 9.40. The third-order valence-electron chi connectivity index (χ3n) is 5.40. The molecule has 160 valence electrons. The molecular weight excluding hydrogens is 380 g/mol. The number of nitrogens with zero attached hydrogens (tertiary/aromatic N) is 1. The first-order chi connectivity index (χ1) is 14.4. The van der Waals surface area contributed by atoms with Crippen LogP contribution in [0.2, 0.25) is 0 Å². The number of benzene rings is 2. The van der Waals surface area contributed by atoms with E-state index in [2.05, 4.69) is 11.4 Å². The van der Waals surface area contributed by atoms with Crippen molar-refractivity contribution in [2.75, 3.05) is 24.6 Å². The van der Waals surface area contributed by atoms with Crippen LogP contribution in [-0.4, -0.2) is 36.6 Å². The van der Waals surface area contributed by atoms with Gasteiger partial charge in [0.25, 0.3) is 5.91 Å². The smallest absolute Gasteiger partial charge is 0.255 e. The van der Waals surface area contributed by atoms with Gasteiger partial charge in [0.05, 0.1) is 17.9 Å². The minimum absolute atomic E-state index is 0.0230. The molecule has 0 fully saturated rings. The molecule has 3 rings (SSSR count). The topological polar surface area (TPSA) is 78.9 Å². The zero-order chi connectivity index (χ0) is 21.7. The molecule has 0 unspecified atom stereocenters. The number of fused-ring (bicyclic) bond motifs is 1. The maximum atomic E-state index is 12.6. The van der Waals surface area contributed by atoms with E-state index in [1.54, 1.807) is 17.0 Å². The van der Waals surface area contributed by atoms with Crippen LogP contribution in [0.3, 0.4) is 0 Å². The number of rotatable bonds is 7. The van der Waals surface area contributed by atoms with Crippen molar-refractivity contribution < 1.29 is 19.4 Å². The minimum Gasteiger partial charge on any atom is -0.507 e. The molecule has 0 saturated carbocycles. The van der Waals surface area contributed by atoms with Crippen LogP contribution in [0.1, 0.15) is 53.2 Å². The lowest BCUT2D eigenvalue weighted by Gasteiger charge is -2.30. The number of ether oxygens (including phenoxy) is 1. The van der Waals surface area contributed by atoms with Crippen molar-refractivity contribution in [3.8, 4) is 11.5 Å². The molecular formula is C24H30N2O4. The number of carbonyl (C=O) groups is 2. The van der Waals surface area contributed by atoms with Gasteiger partial charge in [0.15, 0.2) is 0 Å². The highest BCUT2D eigenvalue weighted by Gasteiger charge is 2.26. The monoisotopic (exact) mass is 410 g/mol. The Kier molecular flexibility index (Phi) is 6.98. The van der Waals surface area contributed by atoms with Gasteiger partial charge < -0.3 is 20.1 Å². The Labute approximate surface area is 177 Å². The van der Waals surface area contributed by atoms with Gasteiger partial charge in [-0.1, -0.05) is 24.6 Å². The Hall–Kier alpha value is -3.02. The minimum atomic E-state index is -0.319. The Morgan fingerprint density at radius 1 is 1.20 bits per heavy atom. The molecule has 0 aromatic heterocycles. The van der Waals surface area contributed by atoms with E-state index in [4.69, 9.17) is 4.74 Å².